The predicted octanol–water partition coefficient (Wildman–Crippen LogP) is 2.52. The minimum atomic E-state index is -0.317. The number of fused-ring (bicyclic) bond motifs is 1. The average Bonchev–Trinajstić information content (AvgIpc) is 2.96. The molecule has 0 spiro atoms. The first kappa shape index (κ1) is 18.0. The molecule has 1 amide bonds. The number of halogens is 2. The standard InChI is InChI=1S/C17H23FN2O2.ClH/c18-14-5-3-6-15(10-14)22-9-8-20-16(21)17-7-2-1-4-13(17)11-19-12-17;/h3,5-6,10,13,19H,1-2,4,7-9,11-12H2,(H,20,21);1H/t13-,17+;/m0./s1. The Bertz CT molecular complexity index is 543. The van der Waals surface area contributed by atoms with Crippen LogP contribution in [0.4, 0.5) is 4.39 Å². The van der Waals surface area contributed by atoms with Crippen molar-refractivity contribution in [1.29, 1.82) is 0 Å². The van der Waals surface area contributed by atoms with Gasteiger partial charge in [0.15, 0.2) is 0 Å². The highest BCUT2D eigenvalue weighted by atomic mass is 35.5. The van der Waals surface area contributed by atoms with E-state index in [9.17, 15) is 9.18 Å². The van der Waals surface area contributed by atoms with Crippen molar-refractivity contribution in [2.75, 3.05) is 26.2 Å². The van der Waals surface area contributed by atoms with Gasteiger partial charge in [-0.2, -0.15) is 0 Å². The molecule has 1 aliphatic carbocycles. The highest BCUT2D eigenvalue weighted by Gasteiger charge is 2.49. The van der Waals surface area contributed by atoms with Gasteiger partial charge in [0.25, 0.3) is 0 Å². The Morgan fingerprint density at radius 1 is 1.43 bits per heavy atom. The van der Waals surface area contributed by atoms with E-state index >= 15 is 0 Å². The Labute approximate surface area is 142 Å². The van der Waals surface area contributed by atoms with E-state index in [0.29, 0.717) is 24.8 Å². The third-order valence-electron chi connectivity index (χ3n) is 4.94. The summed E-state index contributed by atoms with van der Waals surface area (Å²) in [6.45, 7) is 2.54. The summed E-state index contributed by atoms with van der Waals surface area (Å²) in [7, 11) is 0. The second-order valence-electron chi connectivity index (χ2n) is 6.29. The maximum atomic E-state index is 13.0. The summed E-state index contributed by atoms with van der Waals surface area (Å²) < 4.78 is 18.5. The molecule has 0 bridgehead atoms. The van der Waals surface area contributed by atoms with Crippen LogP contribution in [0.2, 0.25) is 0 Å². The van der Waals surface area contributed by atoms with Gasteiger partial charge in [-0.25, -0.2) is 4.39 Å². The van der Waals surface area contributed by atoms with Gasteiger partial charge in [0.1, 0.15) is 18.2 Å². The summed E-state index contributed by atoms with van der Waals surface area (Å²) in [6, 6.07) is 6.04. The molecule has 4 nitrogen and oxygen atoms in total. The van der Waals surface area contributed by atoms with Crippen LogP contribution < -0.4 is 15.4 Å². The fourth-order valence-electron chi connectivity index (χ4n) is 3.76. The molecule has 6 heteroatoms. The lowest BCUT2D eigenvalue weighted by Crippen LogP contribution is -2.48. The molecule has 1 aromatic rings. The fraction of sp³-hybridized carbons (Fsp3) is 0.588. The van der Waals surface area contributed by atoms with E-state index in [4.69, 9.17) is 4.74 Å². The average molecular weight is 343 g/mol. The van der Waals surface area contributed by atoms with Gasteiger partial charge >= 0.3 is 0 Å². The maximum Gasteiger partial charge on any atom is 0.227 e. The van der Waals surface area contributed by atoms with Gasteiger partial charge in [-0.1, -0.05) is 18.9 Å². The quantitative estimate of drug-likeness (QED) is 0.808. The smallest absolute Gasteiger partial charge is 0.227 e. The molecule has 1 aromatic carbocycles. The van der Waals surface area contributed by atoms with Gasteiger partial charge in [-0.3, -0.25) is 4.79 Å². The molecule has 1 heterocycles. The zero-order valence-corrected chi connectivity index (χ0v) is 14.0. The molecule has 0 aromatic heterocycles. The lowest BCUT2D eigenvalue weighted by Gasteiger charge is -2.37. The van der Waals surface area contributed by atoms with Crippen LogP contribution in [0, 0.1) is 17.2 Å². The van der Waals surface area contributed by atoms with Crippen LogP contribution in [0.25, 0.3) is 0 Å². The molecule has 0 unspecified atom stereocenters. The molecule has 23 heavy (non-hydrogen) atoms. The van der Waals surface area contributed by atoms with E-state index in [1.165, 1.54) is 18.6 Å². The molecule has 2 aliphatic rings. The molecule has 0 radical (unpaired) electrons. The fourth-order valence-corrected chi connectivity index (χ4v) is 3.76. The number of ether oxygens (including phenoxy) is 1. The van der Waals surface area contributed by atoms with Crippen LogP contribution in [0.3, 0.4) is 0 Å². The first-order chi connectivity index (χ1) is 10.7. The Balaban J connectivity index is 0.00000192. The molecule has 1 saturated heterocycles. The van der Waals surface area contributed by atoms with Gasteiger partial charge in [0, 0.05) is 12.6 Å². The number of hydrogen-bond acceptors (Lipinski definition) is 3. The first-order valence-corrected chi connectivity index (χ1v) is 8.08. The van der Waals surface area contributed by atoms with Crippen molar-refractivity contribution in [3.8, 4) is 5.75 Å². The SMILES string of the molecule is Cl.O=C(NCCOc1cccc(F)c1)[C@@]12CCCC[C@H]1CNC2. The van der Waals surface area contributed by atoms with Crippen LogP contribution in [0.15, 0.2) is 24.3 Å². The van der Waals surface area contributed by atoms with Crippen LogP contribution in [0.5, 0.6) is 5.75 Å². The second kappa shape index (κ2) is 7.97. The summed E-state index contributed by atoms with van der Waals surface area (Å²) in [6.07, 6.45) is 4.47. The van der Waals surface area contributed by atoms with Gasteiger partial charge in [-0.05, 0) is 37.4 Å². The number of amides is 1. The van der Waals surface area contributed by atoms with Gasteiger partial charge in [-0.15, -0.1) is 12.4 Å². The number of carbonyl (C=O) groups is 1. The lowest BCUT2D eigenvalue weighted by molar-refractivity contribution is -0.134. The molecular weight excluding hydrogens is 319 g/mol. The van der Waals surface area contributed by atoms with E-state index in [0.717, 1.165) is 32.4 Å². The molecule has 1 saturated carbocycles. The van der Waals surface area contributed by atoms with Crippen LogP contribution in [-0.4, -0.2) is 32.1 Å². The van der Waals surface area contributed by atoms with Crippen molar-refractivity contribution in [1.82, 2.24) is 10.6 Å². The maximum absolute atomic E-state index is 13.0. The van der Waals surface area contributed by atoms with Crippen molar-refractivity contribution < 1.29 is 13.9 Å². The van der Waals surface area contributed by atoms with Crippen LogP contribution in [-0.2, 0) is 4.79 Å². The molecule has 1 aliphatic heterocycles. The number of carbonyl (C=O) groups excluding carboxylic acids is 1. The number of benzene rings is 1. The summed E-state index contributed by atoms with van der Waals surface area (Å²) in [5, 5.41) is 6.38. The summed E-state index contributed by atoms with van der Waals surface area (Å²) in [4.78, 5) is 12.6. The minimum absolute atomic E-state index is 0. The molecule has 2 fully saturated rings. The highest BCUT2D eigenvalue weighted by molar-refractivity contribution is 5.85. The van der Waals surface area contributed by atoms with E-state index in [1.807, 2.05) is 0 Å². The third-order valence-corrected chi connectivity index (χ3v) is 4.94. The van der Waals surface area contributed by atoms with E-state index in [1.54, 1.807) is 12.1 Å². The molecular formula is C17H24ClFN2O2. The van der Waals surface area contributed by atoms with Crippen molar-refractivity contribution in [2.45, 2.75) is 25.7 Å². The van der Waals surface area contributed by atoms with Crippen molar-refractivity contribution in [3.05, 3.63) is 30.1 Å². The van der Waals surface area contributed by atoms with Crippen LogP contribution in [0.1, 0.15) is 25.7 Å². The van der Waals surface area contributed by atoms with Crippen molar-refractivity contribution >= 4 is 18.3 Å². The van der Waals surface area contributed by atoms with E-state index in [2.05, 4.69) is 10.6 Å². The second-order valence-corrected chi connectivity index (χ2v) is 6.29. The largest absolute Gasteiger partial charge is 0.492 e. The summed E-state index contributed by atoms with van der Waals surface area (Å²) in [5.41, 5.74) is -0.225. The summed E-state index contributed by atoms with van der Waals surface area (Å²) in [5.74, 6) is 0.781. The first-order valence-electron chi connectivity index (χ1n) is 8.08. The minimum Gasteiger partial charge on any atom is -0.492 e. The number of rotatable bonds is 5. The van der Waals surface area contributed by atoms with E-state index in [-0.39, 0.29) is 29.5 Å². The Morgan fingerprint density at radius 2 is 2.30 bits per heavy atom. The third kappa shape index (κ3) is 3.96. The zero-order chi connectivity index (χ0) is 15.4. The van der Waals surface area contributed by atoms with E-state index < -0.39 is 0 Å². The molecule has 3 rings (SSSR count). The number of nitrogens with one attached hydrogen (secondary N) is 2. The zero-order valence-electron chi connectivity index (χ0n) is 13.1. The van der Waals surface area contributed by atoms with Gasteiger partial charge in [0.2, 0.25) is 5.91 Å². The van der Waals surface area contributed by atoms with Gasteiger partial charge < -0.3 is 15.4 Å². The molecule has 128 valence electrons. The topological polar surface area (TPSA) is 50.4 Å². The van der Waals surface area contributed by atoms with Crippen molar-refractivity contribution in [3.63, 3.8) is 0 Å². The van der Waals surface area contributed by atoms with Gasteiger partial charge in [0.05, 0.1) is 12.0 Å². The monoisotopic (exact) mass is 342 g/mol. The van der Waals surface area contributed by atoms with Crippen molar-refractivity contribution in [2.24, 2.45) is 11.3 Å². The molecule has 2 N–H and O–H groups in total. The highest BCUT2D eigenvalue weighted by Crippen LogP contribution is 2.43. The lowest BCUT2D eigenvalue weighted by atomic mass is 9.67. The van der Waals surface area contributed by atoms with Crippen LogP contribution >= 0.6 is 12.4 Å². The Kier molecular flexibility index (Phi) is 6.25. The number of hydrogen-bond donors (Lipinski definition) is 2. The molecule has 2 atom stereocenters. The predicted molar refractivity (Wildman–Crippen MR) is 89.4 cm³/mol. The normalized spacial score (nSPS) is 26.0. The summed E-state index contributed by atoms with van der Waals surface area (Å²) >= 11 is 0. The Hall–Kier alpha value is -1.33. The Morgan fingerprint density at radius 3 is 3.13 bits per heavy atom.